The zero-order valence-electron chi connectivity index (χ0n) is 24.1. The van der Waals surface area contributed by atoms with Gasteiger partial charge in [0.25, 0.3) is 0 Å². The number of para-hydroxylation sites is 3. The highest BCUT2D eigenvalue weighted by Crippen LogP contribution is 2.42. The molecule has 0 aliphatic carbocycles. The summed E-state index contributed by atoms with van der Waals surface area (Å²) < 4.78 is 4.86. The molecule has 0 atom stereocenters. The van der Waals surface area contributed by atoms with Crippen LogP contribution in [0.5, 0.6) is 0 Å². The standard InChI is InChI=1S/C42H28N2/c1-3-13-29(14-4-1)33-17-7-8-18-34(33)30-23-25-32(26-24-30)43-39-22-12-10-20-37(39)41-40(43)28-27-36-35-19-9-11-21-38(35)44(42(36)41)31-15-5-2-6-16-31/h1-28H. The number of rotatable bonds is 4. The van der Waals surface area contributed by atoms with Crippen molar-refractivity contribution >= 4 is 43.6 Å². The van der Waals surface area contributed by atoms with Crippen molar-refractivity contribution in [1.29, 1.82) is 0 Å². The fraction of sp³-hybridized carbons (Fsp3) is 0. The van der Waals surface area contributed by atoms with Gasteiger partial charge in [-0.1, -0.05) is 127 Å². The third-order valence-corrected chi connectivity index (χ3v) is 8.93. The maximum absolute atomic E-state index is 2.44. The molecule has 2 heteroatoms. The van der Waals surface area contributed by atoms with Crippen molar-refractivity contribution in [3.05, 3.63) is 170 Å². The average molecular weight is 561 g/mol. The van der Waals surface area contributed by atoms with Crippen LogP contribution in [0.25, 0.3) is 77.2 Å². The van der Waals surface area contributed by atoms with Crippen molar-refractivity contribution in [3.63, 3.8) is 0 Å². The third kappa shape index (κ3) is 3.68. The van der Waals surface area contributed by atoms with Gasteiger partial charge < -0.3 is 9.13 Å². The Morgan fingerprint density at radius 2 is 0.818 bits per heavy atom. The van der Waals surface area contributed by atoms with Gasteiger partial charge in [0.15, 0.2) is 0 Å². The van der Waals surface area contributed by atoms with Gasteiger partial charge in [-0.15, -0.1) is 0 Å². The minimum absolute atomic E-state index is 1.15. The maximum Gasteiger partial charge on any atom is 0.0641 e. The van der Waals surface area contributed by atoms with Gasteiger partial charge in [0.1, 0.15) is 0 Å². The molecule has 2 heterocycles. The minimum atomic E-state index is 1.15. The normalized spacial score (nSPS) is 11.6. The van der Waals surface area contributed by atoms with Crippen LogP contribution in [0.2, 0.25) is 0 Å². The van der Waals surface area contributed by atoms with Crippen molar-refractivity contribution < 1.29 is 0 Å². The number of nitrogens with zero attached hydrogens (tertiary/aromatic N) is 2. The van der Waals surface area contributed by atoms with Crippen LogP contribution in [0, 0.1) is 0 Å². The molecule has 0 bridgehead atoms. The largest absolute Gasteiger partial charge is 0.309 e. The fourth-order valence-corrected chi connectivity index (χ4v) is 7.03. The SMILES string of the molecule is c1ccc(-c2ccccc2-c2ccc(-n3c4ccccc4c4c3ccc3c5ccccc5n(-c5ccccc5)c34)cc2)cc1. The first-order chi connectivity index (χ1) is 21.9. The summed E-state index contributed by atoms with van der Waals surface area (Å²) in [5, 5.41) is 5.07. The van der Waals surface area contributed by atoms with E-state index >= 15 is 0 Å². The zero-order chi connectivity index (χ0) is 29.0. The fourth-order valence-electron chi connectivity index (χ4n) is 7.03. The Hall–Kier alpha value is -5.86. The smallest absolute Gasteiger partial charge is 0.0641 e. The molecule has 44 heavy (non-hydrogen) atoms. The molecular formula is C42H28N2. The van der Waals surface area contributed by atoms with Crippen LogP contribution in [0.15, 0.2) is 170 Å². The van der Waals surface area contributed by atoms with Gasteiger partial charge in [-0.3, -0.25) is 0 Å². The second-order valence-electron chi connectivity index (χ2n) is 11.4. The summed E-state index contributed by atoms with van der Waals surface area (Å²) in [5.74, 6) is 0. The van der Waals surface area contributed by atoms with Crippen LogP contribution in [0.3, 0.4) is 0 Å². The first-order valence-electron chi connectivity index (χ1n) is 15.1. The highest BCUT2D eigenvalue weighted by Gasteiger charge is 2.20. The van der Waals surface area contributed by atoms with Crippen LogP contribution in [0.4, 0.5) is 0 Å². The molecule has 0 spiro atoms. The van der Waals surface area contributed by atoms with Crippen molar-refractivity contribution in [2.45, 2.75) is 0 Å². The second-order valence-corrected chi connectivity index (χ2v) is 11.4. The van der Waals surface area contributed by atoms with Crippen LogP contribution >= 0.6 is 0 Å². The van der Waals surface area contributed by atoms with Crippen LogP contribution in [-0.2, 0) is 0 Å². The molecule has 0 fully saturated rings. The van der Waals surface area contributed by atoms with Gasteiger partial charge in [-0.2, -0.15) is 0 Å². The first-order valence-corrected chi connectivity index (χ1v) is 15.1. The minimum Gasteiger partial charge on any atom is -0.309 e. The average Bonchev–Trinajstić information content (AvgIpc) is 3.62. The van der Waals surface area contributed by atoms with Gasteiger partial charge in [0.2, 0.25) is 0 Å². The molecule has 0 amide bonds. The molecule has 0 radical (unpaired) electrons. The van der Waals surface area contributed by atoms with Gasteiger partial charge >= 0.3 is 0 Å². The van der Waals surface area contributed by atoms with E-state index in [-0.39, 0.29) is 0 Å². The summed E-state index contributed by atoms with van der Waals surface area (Å²) in [7, 11) is 0. The highest BCUT2D eigenvalue weighted by molar-refractivity contribution is 6.26. The summed E-state index contributed by atoms with van der Waals surface area (Å²) in [6.07, 6.45) is 0. The first kappa shape index (κ1) is 24.7. The Bertz CT molecular complexity index is 2460. The van der Waals surface area contributed by atoms with E-state index in [4.69, 9.17) is 0 Å². The molecule has 9 aromatic rings. The van der Waals surface area contributed by atoms with Crippen LogP contribution in [-0.4, -0.2) is 9.13 Å². The quantitative estimate of drug-likeness (QED) is 0.203. The molecular weight excluding hydrogens is 532 g/mol. The summed E-state index contributed by atoms with van der Waals surface area (Å²) >= 11 is 0. The molecule has 206 valence electrons. The van der Waals surface area contributed by atoms with E-state index in [1.54, 1.807) is 0 Å². The Morgan fingerprint density at radius 1 is 0.295 bits per heavy atom. The predicted molar refractivity (Wildman–Crippen MR) is 186 cm³/mol. The summed E-state index contributed by atoms with van der Waals surface area (Å²) in [6, 6.07) is 61.3. The summed E-state index contributed by atoms with van der Waals surface area (Å²) in [4.78, 5) is 0. The van der Waals surface area contributed by atoms with Gasteiger partial charge in [-0.05, 0) is 64.7 Å². The molecule has 0 aliphatic heterocycles. The maximum atomic E-state index is 2.44. The lowest BCUT2D eigenvalue weighted by Crippen LogP contribution is -1.95. The van der Waals surface area contributed by atoms with E-state index < -0.39 is 0 Å². The van der Waals surface area contributed by atoms with Gasteiger partial charge in [0.05, 0.1) is 22.1 Å². The molecule has 0 saturated heterocycles. The highest BCUT2D eigenvalue weighted by atomic mass is 15.0. The topological polar surface area (TPSA) is 9.86 Å². The van der Waals surface area contributed by atoms with Crippen molar-refractivity contribution in [2.75, 3.05) is 0 Å². The van der Waals surface area contributed by atoms with Crippen LogP contribution < -0.4 is 0 Å². The van der Waals surface area contributed by atoms with E-state index in [0.717, 1.165) is 5.69 Å². The molecule has 0 unspecified atom stereocenters. The number of benzene rings is 7. The molecule has 0 N–H and O–H groups in total. The van der Waals surface area contributed by atoms with E-state index in [9.17, 15) is 0 Å². The number of hydrogen-bond acceptors (Lipinski definition) is 0. The van der Waals surface area contributed by atoms with E-state index in [1.165, 1.54) is 71.6 Å². The third-order valence-electron chi connectivity index (χ3n) is 8.93. The van der Waals surface area contributed by atoms with E-state index in [1.807, 2.05) is 0 Å². The Morgan fingerprint density at radius 3 is 1.52 bits per heavy atom. The number of hydrogen-bond donors (Lipinski definition) is 0. The molecule has 2 nitrogen and oxygen atoms in total. The monoisotopic (exact) mass is 560 g/mol. The predicted octanol–water partition coefficient (Wildman–Crippen LogP) is 11.2. The molecule has 9 rings (SSSR count). The Kier molecular flexibility index (Phi) is 5.54. The van der Waals surface area contributed by atoms with Gasteiger partial charge in [0, 0.05) is 32.9 Å². The van der Waals surface area contributed by atoms with Crippen molar-refractivity contribution in [3.8, 4) is 33.6 Å². The molecule has 0 aliphatic rings. The van der Waals surface area contributed by atoms with Crippen molar-refractivity contribution in [2.24, 2.45) is 0 Å². The second kappa shape index (κ2) is 9.86. The van der Waals surface area contributed by atoms with E-state index in [0.29, 0.717) is 0 Å². The lowest BCUT2D eigenvalue weighted by Gasteiger charge is -2.13. The Labute approximate surface area is 255 Å². The van der Waals surface area contributed by atoms with E-state index in [2.05, 4.69) is 179 Å². The number of aromatic nitrogens is 2. The summed E-state index contributed by atoms with van der Waals surface area (Å²) in [6.45, 7) is 0. The Balaban J connectivity index is 1.30. The zero-order valence-corrected chi connectivity index (χ0v) is 24.1. The molecule has 2 aromatic heterocycles. The lowest BCUT2D eigenvalue weighted by atomic mass is 9.94. The summed E-state index contributed by atoms with van der Waals surface area (Å²) in [5.41, 5.74) is 12.1. The molecule has 0 saturated carbocycles. The molecule has 7 aromatic carbocycles. The van der Waals surface area contributed by atoms with Crippen LogP contribution in [0.1, 0.15) is 0 Å². The number of fused-ring (bicyclic) bond motifs is 7. The lowest BCUT2D eigenvalue weighted by molar-refractivity contribution is 1.17. The van der Waals surface area contributed by atoms with Crippen molar-refractivity contribution in [1.82, 2.24) is 9.13 Å². The van der Waals surface area contributed by atoms with Gasteiger partial charge in [-0.25, -0.2) is 0 Å².